The second-order valence-electron chi connectivity index (χ2n) is 13.9. The summed E-state index contributed by atoms with van der Waals surface area (Å²) in [6, 6.07) is 0. The molecule has 0 aromatic heterocycles. The highest BCUT2D eigenvalue weighted by Crippen LogP contribution is 2.53. The first-order valence-electron chi connectivity index (χ1n) is 11.9. The van der Waals surface area contributed by atoms with E-state index in [1.54, 1.807) is 0 Å². The maximum absolute atomic E-state index is 13.9. The maximum Gasteiger partial charge on any atom is 0.214 e. The molecule has 208 valence electrons. The number of aliphatic hydroxyl groups is 5. The van der Waals surface area contributed by atoms with E-state index in [9.17, 15) is 44.7 Å². The molecule has 0 radical (unpaired) electrons. The van der Waals surface area contributed by atoms with Crippen LogP contribution >= 0.6 is 0 Å². The van der Waals surface area contributed by atoms with E-state index >= 15 is 0 Å². The van der Waals surface area contributed by atoms with Crippen LogP contribution < -0.4 is 0 Å². The SMILES string of the molecule is CC(C)(C)C(=O)C(O)[C@H]1O[C@H](O)[C@@](O)(C(=O)C(C)(C)C)[C@](O)(C(=O)C(C)(C)C)[C@@]1(O)C(=O)C(C)(C)C. The Morgan fingerprint density at radius 1 is 0.639 bits per heavy atom. The summed E-state index contributed by atoms with van der Waals surface area (Å²) in [7, 11) is 0. The standard InChI is InChI=1S/C26H44O10/c1-20(2,3)14(28)13(27)15-24(33,16(29)21(4,5)6)26(35,18(31)23(10,11)12)25(34,19(32)36-15)17(30)22(7,8)9/h13,15,19,27,32-35H,1-12H3/t13?,15-,19+,24+,25+,26+/m1/s1. The Morgan fingerprint density at radius 3 is 1.28 bits per heavy atom. The maximum atomic E-state index is 13.9. The summed E-state index contributed by atoms with van der Waals surface area (Å²) in [5, 5.41) is 58.2. The van der Waals surface area contributed by atoms with Crippen LogP contribution in [0.2, 0.25) is 0 Å². The third-order valence-electron chi connectivity index (χ3n) is 6.51. The van der Waals surface area contributed by atoms with Gasteiger partial charge in [0.2, 0.25) is 11.2 Å². The lowest BCUT2D eigenvalue weighted by Crippen LogP contribution is -2.89. The lowest BCUT2D eigenvalue weighted by atomic mass is 9.52. The van der Waals surface area contributed by atoms with Gasteiger partial charge < -0.3 is 30.3 Å². The third-order valence-corrected chi connectivity index (χ3v) is 6.51. The number of aliphatic hydroxyl groups excluding tert-OH is 2. The fourth-order valence-electron chi connectivity index (χ4n) is 4.50. The van der Waals surface area contributed by atoms with Crippen molar-refractivity contribution in [3.05, 3.63) is 0 Å². The Hall–Kier alpha value is -1.56. The van der Waals surface area contributed by atoms with Gasteiger partial charge in [-0.15, -0.1) is 0 Å². The highest BCUT2D eigenvalue weighted by atomic mass is 16.7. The normalized spacial score (nSPS) is 33.1. The van der Waals surface area contributed by atoms with Crippen LogP contribution in [-0.2, 0) is 23.9 Å². The molecule has 1 fully saturated rings. The van der Waals surface area contributed by atoms with Crippen molar-refractivity contribution in [3.63, 3.8) is 0 Å². The lowest BCUT2D eigenvalue weighted by molar-refractivity contribution is -0.369. The van der Waals surface area contributed by atoms with Crippen LogP contribution in [0.15, 0.2) is 0 Å². The average molecular weight is 517 g/mol. The van der Waals surface area contributed by atoms with Gasteiger partial charge in [-0.2, -0.15) is 0 Å². The molecule has 0 amide bonds. The number of hydrogen-bond acceptors (Lipinski definition) is 10. The van der Waals surface area contributed by atoms with Crippen LogP contribution in [0.4, 0.5) is 0 Å². The Balaban J connectivity index is 4.35. The van der Waals surface area contributed by atoms with Crippen molar-refractivity contribution in [2.24, 2.45) is 21.7 Å². The Kier molecular flexibility index (Phi) is 8.14. The summed E-state index contributed by atoms with van der Waals surface area (Å²) in [6.45, 7) is 16.2. The minimum Gasteiger partial charge on any atom is -0.382 e. The molecule has 1 saturated heterocycles. The summed E-state index contributed by atoms with van der Waals surface area (Å²) >= 11 is 0. The van der Waals surface area contributed by atoms with Crippen LogP contribution in [0.3, 0.4) is 0 Å². The molecule has 1 heterocycles. The summed E-state index contributed by atoms with van der Waals surface area (Å²) < 4.78 is 5.32. The van der Waals surface area contributed by atoms with Gasteiger partial charge in [0.25, 0.3) is 0 Å². The first-order chi connectivity index (χ1) is 15.5. The molecular formula is C26H44O10. The van der Waals surface area contributed by atoms with Gasteiger partial charge in [0, 0.05) is 21.7 Å². The highest BCUT2D eigenvalue weighted by molar-refractivity contribution is 6.10. The molecule has 0 aliphatic carbocycles. The molecule has 1 unspecified atom stereocenters. The molecule has 0 bridgehead atoms. The zero-order valence-corrected chi connectivity index (χ0v) is 23.5. The zero-order chi connectivity index (χ0) is 29.2. The van der Waals surface area contributed by atoms with E-state index in [0.717, 1.165) is 0 Å². The van der Waals surface area contributed by atoms with Gasteiger partial charge in [-0.05, 0) is 0 Å². The van der Waals surface area contributed by atoms with Crippen molar-refractivity contribution < 1.29 is 49.4 Å². The number of ether oxygens (including phenoxy) is 1. The van der Waals surface area contributed by atoms with Crippen LogP contribution in [-0.4, -0.2) is 84.0 Å². The molecular weight excluding hydrogens is 472 g/mol. The van der Waals surface area contributed by atoms with Crippen LogP contribution in [0.1, 0.15) is 83.1 Å². The van der Waals surface area contributed by atoms with Gasteiger partial charge in [0.1, 0.15) is 12.2 Å². The number of ketones is 4. The van der Waals surface area contributed by atoms with E-state index in [1.807, 2.05) is 0 Å². The number of carbonyl (C=O) groups excluding carboxylic acids is 4. The van der Waals surface area contributed by atoms with Crippen LogP contribution in [0, 0.1) is 21.7 Å². The summed E-state index contributed by atoms with van der Waals surface area (Å²) in [6.07, 6.45) is -7.47. The number of hydrogen-bond donors (Lipinski definition) is 5. The van der Waals surface area contributed by atoms with Crippen molar-refractivity contribution in [1.82, 2.24) is 0 Å². The van der Waals surface area contributed by atoms with E-state index in [-0.39, 0.29) is 0 Å². The first kappa shape index (κ1) is 32.5. The molecule has 6 atom stereocenters. The predicted molar refractivity (Wildman–Crippen MR) is 130 cm³/mol. The molecule has 0 aromatic carbocycles. The monoisotopic (exact) mass is 516 g/mol. The second kappa shape index (κ2) is 9.03. The van der Waals surface area contributed by atoms with E-state index < -0.39 is 80.1 Å². The Morgan fingerprint density at radius 2 is 0.972 bits per heavy atom. The van der Waals surface area contributed by atoms with Gasteiger partial charge in [0.05, 0.1) is 0 Å². The molecule has 0 aromatic rings. The summed E-state index contributed by atoms with van der Waals surface area (Å²) in [5.41, 5.74) is -16.8. The van der Waals surface area contributed by atoms with Crippen LogP contribution in [0.25, 0.3) is 0 Å². The Bertz CT molecular complexity index is 926. The van der Waals surface area contributed by atoms with E-state index in [2.05, 4.69) is 0 Å². The van der Waals surface area contributed by atoms with E-state index in [4.69, 9.17) is 4.74 Å². The zero-order valence-electron chi connectivity index (χ0n) is 23.5. The first-order valence-corrected chi connectivity index (χ1v) is 11.9. The minimum absolute atomic E-state index is 0.946. The largest absolute Gasteiger partial charge is 0.382 e. The summed E-state index contributed by atoms with van der Waals surface area (Å²) in [4.78, 5) is 54.4. The van der Waals surface area contributed by atoms with Gasteiger partial charge in [0.15, 0.2) is 35.0 Å². The molecule has 0 spiro atoms. The fourth-order valence-corrected chi connectivity index (χ4v) is 4.50. The lowest BCUT2D eigenvalue weighted by Gasteiger charge is -2.60. The van der Waals surface area contributed by atoms with Crippen LogP contribution in [0.5, 0.6) is 0 Å². The predicted octanol–water partition coefficient (Wildman–Crippen LogP) is 0.719. The van der Waals surface area contributed by atoms with E-state index in [1.165, 1.54) is 83.1 Å². The molecule has 5 N–H and O–H groups in total. The topological polar surface area (TPSA) is 179 Å². The highest BCUT2D eigenvalue weighted by Gasteiger charge is 2.83. The molecule has 36 heavy (non-hydrogen) atoms. The van der Waals surface area contributed by atoms with Gasteiger partial charge in [-0.25, -0.2) is 0 Å². The molecule has 1 rings (SSSR count). The van der Waals surface area contributed by atoms with Crippen molar-refractivity contribution in [2.45, 2.75) is 118 Å². The van der Waals surface area contributed by atoms with Crippen molar-refractivity contribution >= 4 is 23.1 Å². The van der Waals surface area contributed by atoms with Gasteiger partial charge >= 0.3 is 0 Å². The average Bonchev–Trinajstić information content (AvgIpc) is 2.69. The van der Waals surface area contributed by atoms with Gasteiger partial charge in [-0.3, -0.25) is 19.2 Å². The smallest absolute Gasteiger partial charge is 0.214 e. The molecule has 1 aliphatic rings. The quantitative estimate of drug-likeness (QED) is 0.349. The molecule has 10 heteroatoms. The van der Waals surface area contributed by atoms with E-state index in [0.29, 0.717) is 0 Å². The minimum atomic E-state index is -3.74. The molecule has 1 aliphatic heterocycles. The summed E-state index contributed by atoms with van der Waals surface area (Å²) in [5.74, 6) is -4.93. The Labute approximate surface area is 213 Å². The van der Waals surface area contributed by atoms with Crippen molar-refractivity contribution in [1.29, 1.82) is 0 Å². The third kappa shape index (κ3) is 4.72. The fraction of sp³-hybridized carbons (Fsp3) is 0.846. The number of Topliss-reactive ketones (excluding diaryl/α,β-unsaturated/α-hetero) is 4. The van der Waals surface area contributed by atoms with Crippen molar-refractivity contribution in [2.75, 3.05) is 0 Å². The molecule has 0 saturated carbocycles. The number of rotatable bonds is 5. The van der Waals surface area contributed by atoms with Crippen molar-refractivity contribution in [3.8, 4) is 0 Å². The second-order valence-corrected chi connectivity index (χ2v) is 13.9. The number of carbonyl (C=O) groups is 4. The van der Waals surface area contributed by atoms with Gasteiger partial charge in [-0.1, -0.05) is 83.1 Å². The molecule has 10 nitrogen and oxygen atoms in total.